The van der Waals surface area contributed by atoms with Crippen LogP contribution in [0.4, 0.5) is 4.79 Å². The van der Waals surface area contributed by atoms with Gasteiger partial charge in [0.1, 0.15) is 18.9 Å². The lowest BCUT2D eigenvalue weighted by Crippen LogP contribution is -2.40. The van der Waals surface area contributed by atoms with E-state index in [4.69, 9.17) is 16.3 Å². The second kappa shape index (κ2) is 9.58. The third-order valence-corrected chi connectivity index (χ3v) is 6.41. The lowest BCUT2D eigenvalue weighted by atomic mass is 10.2. The molecule has 0 spiro atoms. The zero-order valence-corrected chi connectivity index (χ0v) is 18.3. The van der Waals surface area contributed by atoms with Gasteiger partial charge in [-0.25, -0.2) is 0 Å². The van der Waals surface area contributed by atoms with Crippen LogP contribution in [0.15, 0.2) is 53.4 Å². The highest BCUT2D eigenvalue weighted by atomic mass is 35.5. The number of likely N-dealkylation sites (tertiary alicyclic amines) is 1. The van der Waals surface area contributed by atoms with Crippen LogP contribution in [0.5, 0.6) is 5.75 Å². The van der Waals surface area contributed by atoms with E-state index in [9.17, 15) is 14.4 Å². The molecule has 0 saturated carbocycles. The van der Waals surface area contributed by atoms with Crippen LogP contribution < -0.4 is 4.74 Å². The van der Waals surface area contributed by atoms with Crippen LogP contribution in [0.25, 0.3) is 6.08 Å². The van der Waals surface area contributed by atoms with Gasteiger partial charge in [-0.1, -0.05) is 41.9 Å². The van der Waals surface area contributed by atoms with Gasteiger partial charge in [0, 0.05) is 23.7 Å². The summed E-state index contributed by atoms with van der Waals surface area (Å²) in [5.74, 6) is -0.00179. The summed E-state index contributed by atoms with van der Waals surface area (Å²) in [6.07, 6.45) is 3.57. The number of nitrogens with zero attached hydrogens (tertiary/aromatic N) is 2. The summed E-state index contributed by atoms with van der Waals surface area (Å²) >= 11 is 7.01. The van der Waals surface area contributed by atoms with Crippen LogP contribution in [0.3, 0.4) is 0 Å². The van der Waals surface area contributed by atoms with E-state index in [0.717, 1.165) is 40.6 Å². The van der Waals surface area contributed by atoms with Crippen LogP contribution in [-0.4, -0.2) is 46.5 Å². The van der Waals surface area contributed by atoms with Gasteiger partial charge in [0.15, 0.2) is 0 Å². The van der Waals surface area contributed by atoms with Crippen molar-refractivity contribution in [2.75, 3.05) is 19.6 Å². The predicted octanol–water partition coefficient (Wildman–Crippen LogP) is 4.58. The van der Waals surface area contributed by atoms with Crippen LogP contribution in [-0.2, 0) is 16.2 Å². The summed E-state index contributed by atoms with van der Waals surface area (Å²) in [5, 5.41) is 0.214. The Morgan fingerprint density at radius 3 is 2.65 bits per heavy atom. The van der Waals surface area contributed by atoms with Crippen molar-refractivity contribution in [1.82, 2.24) is 9.80 Å². The van der Waals surface area contributed by atoms with E-state index in [-0.39, 0.29) is 12.5 Å². The van der Waals surface area contributed by atoms with E-state index in [1.807, 2.05) is 36.4 Å². The third-order valence-electron chi connectivity index (χ3n) is 5.13. The predicted molar refractivity (Wildman–Crippen MR) is 121 cm³/mol. The fraction of sp³-hybridized carbons (Fsp3) is 0.261. The van der Waals surface area contributed by atoms with Gasteiger partial charge in [-0.2, -0.15) is 0 Å². The molecule has 2 aliphatic rings. The maximum Gasteiger partial charge on any atom is 0.294 e. The third kappa shape index (κ3) is 5.11. The molecule has 2 fully saturated rings. The topological polar surface area (TPSA) is 66.9 Å². The average Bonchev–Trinajstić information content (AvgIpc) is 3.39. The number of benzene rings is 2. The van der Waals surface area contributed by atoms with E-state index in [1.165, 1.54) is 0 Å². The maximum atomic E-state index is 12.7. The molecule has 0 N–H and O–H groups in total. The Kier molecular flexibility index (Phi) is 6.63. The van der Waals surface area contributed by atoms with E-state index >= 15 is 0 Å². The average molecular weight is 457 g/mol. The first-order valence-electron chi connectivity index (χ1n) is 10.0. The molecule has 3 amide bonds. The molecule has 8 heteroatoms. The molecule has 0 aromatic heterocycles. The van der Waals surface area contributed by atoms with Gasteiger partial charge in [0.2, 0.25) is 5.91 Å². The standard InChI is InChI=1S/C23H21ClN2O4S/c24-19-9-2-1-7-17(19)15-30-18-8-5-6-16(12-18)13-20-22(28)26(23(29)31-20)14-21(27)25-10-3-4-11-25/h1-2,5-9,12-13H,3-4,10-11,14-15H2/b20-13-. The van der Waals surface area contributed by atoms with Gasteiger partial charge >= 0.3 is 0 Å². The molecule has 0 atom stereocenters. The Hall–Kier alpha value is -2.77. The van der Waals surface area contributed by atoms with Crippen LogP contribution >= 0.6 is 23.4 Å². The SMILES string of the molecule is O=C(CN1C(=O)S/C(=C\c2cccc(OCc3ccccc3Cl)c2)C1=O)N1CCCC1. The minimum atomic E-state index is -0.440. The molecule has 0 unspecified atom stereocenters. The number of halogens is 1. The van der Waals surface area contributed by atoms with Gasteiger partial charge < -0.3 is 9.64 Å². The van der Waals surface area contributed by atoms with Crippen LogP contribution in [0, 0.1) is 0 Å². The molecule has 6 nitrogen and oxygen atoms in total. The molecule has 2 aromatic carbocycles. The van der Waals surface area contributed by atoms with Crippen molar-refractivity contribution in [3.63, 3.8) is 0 Å². The summed E-state index contributed by atoms with van der Waals surface area (Å²) in [5.41, 5.74) is 1.60. The first kappa shape index (κ1) is 21.5. The summed E-state index contributed by atoms with van der Waals surface area (Å²) in [6.45, 7) is 1.49. The number of carbonyl (C=O) groups excluding carboxylic acids is 3. The maximum absolute atomic E-state index is 12.7. The van der Waals surface area contributed by atoms with Crippen LogP contribution in [0.1, 0.15) is 24.0 Å². The van der Waals surface area contributed by atoms with Crippen molar-refractivity contribution in [2.45, 2.75) is 19.4 Å². The molecule has 160 valence electrons. The van der Waals surface area contributed by atoms with Gasteiger partial charge in [0.25, 0.3) is 11.1 Å². The van der Waals surface area contributed by atoms with Gasteiger partial charge in [-0.3, -0.25) is 19.3 Å². The number of rotatable bonds is 6. The van der Waals surface area contributed by atoms with Crippen molar-refractivity contribution >= 4 is 46.5 Å². The summed E-state index contributed by atoms with van der Waals surface area (Å²) < 4.78 is 5.82. The van der Waals surface area contributed by atoms with Crippen molar-refractivity contribution < 1.29 is 19.1 Å². The summed E-state index contributed by atoms with van der Waals surface area (Å²) in [6, 6.07) is 14.7. The van der Waals surface area contributed by atoms with Gasteiger partial charge in [0.05, 0.1) is 4.91 Å². The van der Waals surface area contributed by atoms with E-state index in [1.54, 1.807) is 23.1 Å². The lowest BCUT2D eigenvalue weighted by Gasteiger charge is -2.18. The highest BCUT2D eigenvalue weighted by Gasteiger charge is 2.37. The zero-order valence-electron chi connectivity index (χ0n) is 16.8. The fourth-order valence-corrected chi connectivity index (χ4v) is 4.49. The van der Waals surface area contributed by atoms with Crippen LogP contribution in [0.2, 0.25) is 5.02 Å². The monoisotopic (exact) mass is 456 g/mol. The molecule has 2 saturated heterocycles. The minimum Gasteiger partial charge on any atom is -0.489 e. The second-order valence-corrected chi connectivity index (χ2v) is 8.71. The van der Waals surface area contributed by atoms with Gasteiger partial charge in [-0.15, -0.1) is 0 Å². The number of amides is 3. The first-order valence-corrected chi connectivity index (χ1v) is 11.2. The second-order valence-electron chi connectivity index (χ2n) is 7.31. The largest absolute Gasteiger partial charge is 0.489 e. The lowest BCUT2D eigenvalue weighted by molar-refractivity contribution is -0.135. The van der Waals surface area contributed by atoms with E-state index in [0.29, 0.717) is 35.4 Å². The van der Waals surface area contributed by atoms with E-state index < -0.39 is 11.1 Å². The fourth-order valence-electron chi connectivity index (χ4n) is 3.46. The number of carbonyl (C=O) groups is 3. The molecule has 0 radical (unpaired) electrons. The molecule has 31 heavy (non-hydrogen) atoms. The Balaban J connectivity index is 1.43. The molecular formula is C23H21ClN2O4S. The summed E-state index contributed by atoms with van der Waals surface area (Å²) in [4.78, 5) is 40.4. The molecule has 2 aliphatic heterocycles. The highest BCUT2D eigenvalue weighted by molar-refractivity contribution is 8.18. The minimum absolute atomic E-state index is 0.184. The molecule has 0 aliphatic carbocycles. The first-order chi connectivity index (χ1) is 15.0. The normalized spacial score (nSPS) is 17.6. The van der Waals surface area contributed by atoms with Gasteiger partial charge in [-0.05, 0) is 54.4 Å². The Morgan fingerprint density at radius 2 is 1.87 bits per heavy atom. The summed E-state index contributed by atoms with van der Waals surface area (Å²) in [7, 11) is 0. The number of ether oxygens (including phenoxy) is 1. The quantitative estimate of drug-likeness (QED) is 0.595. The number of thioether (sulfide) groups is 1. The Bertz CT molecular complexity index is 1050. The van der Waals surface area contributed by atoms with Crippen molar-refractivity contribution in [3.8, 4) is 5.75 Å². The van der Waals surface area contributed by atoms with Crippen molar-refractivity contribution in [2.24, 2.45) is 0 Å². The Labute approximate surface area is 189 Å². The highest BCUT2D eigenvalue weighted by Crippen LogP contribution is 2.33. The molecular weight excluding hydrogens is 436 g/mol. The molecule has 4 rings (SSSR count). The molecule has 2 aromatic rings. The van der Waals surface area contributed by atoms with Crippen molar-refractivity contribution in [1.29, 1.82) is 0 Å². The van der Waals surface area contributed by atoms with Crippen molar-refractivity contribution in [3.05, 3.63) is 69.6 Å². The smallest absolute Gasteiger partial charge is 0.294 e. The molecule has 2 heterocycles. The Morgan fingerprint density at radius 1 is 1.10 bits per heavy atom. The zero-order chi connectivity index (χ0) is 21.8. The molecule has 0 bridgehead atoms. The van der Waals surface area contributed by atoms with E-state index in [2.05, 4.69) is 0 Å². The number of hydrogen-bond acceptors (Lipinski definition) is 5. The number of imide groups is 1. The number of hydrogen-bond donors (Lipinski definition) is 0.